The average Bonchev–Trinajstić information content (AvgIpc) is 2.71. The van der Waals surface area contributed by atoms with Crippen LogP contribution in [0.25, 0.3) is 0 Å². The lowest BCUT2D eigenvalue weighted by Gasteiger charge is -2.32. The summed E-state index contributed by atoms with van der Waals surface area (Å²) in [6.07, 6.45) is 1.26. The zero-order valence-electron chi connectivity index (χ0n) is 17.0. The van der Waals surface area contributed by atoms with Gasteiger partial charge in [0.1, 0.15) is 17.6 Å². The standard InChI is InChI=1S/C21H25NO7/c1-13-9-16(12-19(23)28-13)29-15-5-7-22(8-6-15)21(24)14-10-17(25-2)20(27-4)18(11-14)26-3/h9-12,15H,5-8H2,1-4H3. The van der Waals surface area contributed by atoms with Crippen LogP contribution in [0, 0.1) is 6.92 Å². The molecule has 2 heterocycles. The number of nitrogens with zero attached hydrogens (tertiary/aromatic N) is 1. The molecule has 0 spiro atoms. The van der Waals surface area contributed by atoms with Crippen LogP contribution in [0.1, 0.15) is 29.0 Å². The van der Waals surface area contributed by atoms with E-state index in [9.17, 15) is 9.59 Å². The van der Waals surface area contributed by atoms with Gasteiger partial charge < -0.3 is 28.3 Å². The number of piperidine rings is 1. The fraction of sp³-hybridized carbons (Fsp3) is 0.429. The minimum absolute atomic E-state index is 0.0693. The molecule has 2 aromatic rings. The van der Waals surface area contributed by atoms with Crippen molar-refractivity contribution >= 4 is 5.91 Å². The van der Waals surface area contributed by atoms with E-state index in [2.05, 4.69) is 0 Å². The van der Waals surface area contributed by atoms with Crippen molar-refractivity contribution in [3.8, 4) is 23.0 Å². The fourth-order valence-corrected chi connectivity index (χ4v) is 3.40. The lowest BCUT2D eigenvalue weighted by atomic mass is 10.1. The zero-order valence-corrected chi connectivity index (χ0v) is 17.0. The third-order valence-corrected chi connectivity index (χ3v) is 4.81. The summed E-state index contributed by atoms with van der Waals surface area (Å²) in [4.78, 5) is 26.2. The first-order valence-corrected chi connectivity index (χ1v) is 9.33. The van der Waals surface area contributed by atoms with Gasteiger partial charge in [-0.15, -0.1) is 0 Å². The summed E-state index contributed by atoms with van der Waals surface area (Å²) in [5, 5.41) is 0. The van der Waals surface area contributed by atoms with Crippen LogP contribution in [0.5, 0.6) is 23.0 Å². The van der Waals surface area contributed by atoms with E-state index >= 15 is 0 Å². The average molecular weight is 403 g/mol. The van der Waals surface area contributed by atoms with Crippen molar-refractivity contribution in [2.75, 3.05) is 34.4 Å². The predicted octanol–water partition coefficient (Wildman–Crippen LogP) is 2.66. The van der Waals surface area contributed by atoms with Crippen LogP contribution >= 0.6 is 0 Å². The highest BCUT2D eigenvalue weighted by atomic mass is 16.5. The molecule has 8 heteroatoms. The maximum atomic E-state index is 13.0. The molecule has 0 saturated carbocycles. The minimum atomic E-state index is -0.435. The smallest absolute Gasteiger partial charge is 0.339 e. The predicted molar refractivity (Wildman–Crippen MR) is 105 cm³/mol. The number of carbonyl (C=O) groups is 1. The van der Waals surface area contributed by atoms with Crippen molar-refractivity contribution in [3.63, 3.8) is 0 Å². The molecule has 0 N–H and O–H groups in total. The van der Waals surface area contributed by atoms with Gasteiger partial charge in [-0.1, -0.05) is 0 Å². The van der Waals surface area contributed by atoms with Crippen molar-refractivity contribution in [2.45, 2.75) is 25.9 Å². The Balaban J connectivity index is 1.67. The molecule has 1 amide bonds. The highest BCUT2D eigenvalue weighted by Crippen LogP contribution is 2.38. The number of carbonyl (C=O) groups excluding carboxylic acids is 1. The molecule has 1 aromatic heterocycles. The Morgan fingerprint density at radius 1 is 1.00 bits per heavy atom. The maximum Gasteiger partial charge on any atom is 0.339 e. The molecule has 1 saturated heterocycles. The SMILES string of the molecule is COc1cc(C(=O)N2CCC(Oc3cc(C)oc(=O)c3)CC2)cc(OC)c1OC. The van der Waals surface area contributed by atoms with Crippen molar-refractivity contribution in [1.29, 1.82) is 0 Å². The first-order valence-electron chi connectivity index (χ1n) is 9.33. The van der Waals surface area contributed by atoms with Crippen molar-refractivity contribution < 1.29 is 28.2 Å². The summed E-state index contributed by atoms with van der Waals surface area (Å²) < 4.78 is 26.8. The van der Waals surface area contributed by atoms with Crippen LogP contribution in [-0.4, -0.2) is 51.3 Å². The first kappa shape index (κ1) is 20.6. The normalized spacial score (nSPS) is 14.4. The fourth-order valence-electron chi connectivity index (χ4n) is 3.40. The van der Waals surface area contributed by atoms with Crippen LogP contribution in [0.3, 0.4) is 0 Å². The van der Waals surface area contributed by atoms with Crippen LogP contribution in [0.4, 0.5) is 0 Å². The second kappa shape index (κ2) is 8.89. The van der Waals surface area contributed by atoms with Gasteiger partial charge in [-0.25, -0.2) is 4.79 Å². The van der Waals surface area contributed by atoms with E-state index in [1.54, 1.807) is 30.0 Å². The minimum Gasteiger partial charge on any atom is -0.493 e. The van der Waals surface area contributed by atoms with E-state index in [0.29, 0.717) is 60.3 Å². The molecular weight excluding hydrogens is 378 g/mol. The van der Waals surface area contributed by atoms with Crippen LogP contribution in [-0.2, 0) is 0 Å². The van der Waals surface area contributed by atoms with Crippen LogP contribution < -0.4 is 24.6 Å². The molecule has 29 heavy (non-hydrogen) atoms. The van der Waals surface area contributed by atoms with Gasteiger partial charge in [0.15, 0.2) is 11.5 Å². The molecule has 0 aliphatic carbocycles. The van der Waals surface area contributed by atoms with Gasteiger partial charge in [0.05, 0.1) is 27.4 Å². The quantitative estimate of drug-likeness (QED) is 0.733. The number of likely N-dealkylation sites (tertiary alicyclic amines) is 1. The molecule has 1 aliphatic heterocycles. The molecule has 0 bridgehead atoms. The molecule has 0 unspecified atom stereocenters. The molecule has 1 aromatic carbocycles. The van der Waals surface area contributed by atoms with E-state index in [4.69, 9.17) is 23.4 Å². The number of aryl methyl sites for hydroxylation is 1. The van der Waals surface area contributed by atoms with Crippen molar-refractivity contribution in [3.05, 3.63) is 46.0 Å². The molecule has 156 valence electrons. The number of hydrogen-bond donors (Lipinski definition) is 0. The van der Waals surface area contributed by atoms with Gasteiger partial charge in [-0.2, -0.15) is 0 Å². The lowest BCUT2D eigenvalue weighted by molar-refractivity contribution is 0.0593. The lowest BCUT2D eigenvalue weighted by Crippen LogP contribution is -2.41. The summed E-state index contributed by atoms with van der Waals surface area (Å²) >= 11 is 0. The number of hydrogen-bond acceptors (Lipinski definition) is 7. The Bertz CT molecular complexity index is 904. The third kappa shape index (κ3) is 4.64. The Kier molecular flexibility index (Phi) is 6.31. The number of benzene rings is 1. The molecule has 3 rings (SSSR count). The molecular formula is C21H25NO7. The topological polar surface area (TPSA) is 87.4 Å². The summed E-state index contributed by atoms with van der Waals surface area (Å²) in [6, 6.07) is 6.33. The molecule has 0 atom stereocenters. The molecule has 0 radical (unpaired) electrons. The van der Waals surface area contributed by atoms with E-state index in [1.165, 1.54) is 27.4 Å². The number of amides is 1. The number of methoxy groups -OCH3 is 3. The second-order valence-electron chi connectivity index (χ2n) is 6.75. The zero-order chi connectivity index (χ0) is 21.0. The highest BCUT2D eigenvalue weighted by molar-refractivity contribution is 5.95. The maximum absolute atomic E-state index is 13.0. The monoisotopic (exact) mass is 403 g/mol. The van der Waals surface area contributed by atoms with E-state index in [1.807, 2.05) is 0 Å². The Morgan fingerprint density at radius 2 is 1.62 bits per heavy atom. The molecule has 1 fully saturated rings. The number of rotatable bonds is 6. The first-order chi connectivity index (χ1) is 13.9. The Labute approximate surface area is 168 Å². The van der Waals surface area contributed by atoms with Gasteiger partial charge in [0.2, 0.25) is 5.75 Å². The highest BCUT2D eigenvalue weighted by Gasteiger charge is 2.26. The number of ether oxygens (including phenoxy) is 4. The van der Waals surface area contributed by atoms with Gasteiger partial charge in [-0.05, 0) is 19.1 Å². The van der Waals surface area contributed by atoms with Gasteiger partial charge >= 0.3 is 5.63 Å². The molecule has 8 nitrogen and oxygen atoms in total. The summed E-state index contributed by atoms with van der Waals surface area (Å²) in [6.45, 7) is 2.79. The summed E-state index contributed by atoms with van der Waals surface area (Å²) in [5.41, 5.74) is 0.0326. The third-order valence-electron chi connectivity index (χ3n) is 4.81. The second-order valence-corrected chi connectivity index (χ2v) is 6.75. The van der Waals surface area contributed by atoms with Crippen molar-refractivity contribution in [1.82, 2.24) is 4.90 Å². The van der Waals surface area contributed by atoms with Crippen molar-refractivity contribution in [2.24, 2.45) is 0 Å². The summed E-state index contributed by atoms with van der Waals surface area (Å²) in [7, 11) is 4.55. The van der Waals surface area contributed by atoms with Gasteiger partial charge in [-0.3, -0.25) is 4.79 Å². The van der Waals surface area contributed by atoms with E-state index in [0.717, 1.165) is 0 Å². The van der Waals surface area contributed by atoms with E-state index in [-0.39, 0.29) is 12.0 Å². The van der Waals surface area contributed by atoms with Crippen LogP contribution in [0.15, 0.2) is 33.5 Å². The van der Waals surface area contributed by atoms with Gasteiger partial charge in [0.25, 0.3) is 5.91 Å². The van der Waals surface area contributed by atoms with E-state index < -0.39 is 5.63 Å². The Hall–Kier alpha value is -3.16. The van der Waals surface area contributed by atoms with Gasteiger partial charge in [0, 0.05) is 37.6 Å². The molecule has 1 aliphatic rings. The largest absolute Gasteiger partial charge is 0.493 e. The Morgan fingerprint density at radius 3 is 2.14 bits per heavy atom. The van der Waals surface area contributed by atoms with Crippen LogP contribution in [0.2, 0.25) is 0 Å². The summed E-state index contributed by atoms with van der Waals surface area (Å²) in [5.74, 6) is 2.20.